The highest BCUT2D eigenvalue weighted by Gasteiger charge is 2.12. The summed E-state index contributed by atoms with van der Waals surface area (Å²) in [6.07, 6.45) is 0. The highest BCUT2D eigenvalue weighted by atomic mass is 16.3. The minimum Gasteiger partial charge on any atom is -0.392 e. The summed E-state index contributed by atoms with van der Waals surface area (Å²) in [7, 11) is 1.78. The number of rotatable bonds is 2. The fraction of sp³-hybridized carbons (Fsp3) is 0.143. The smallest absolute Gasteiger partial charge is 0.260 e. The van der Waals surface area contributed by atoms with Crippen molar-refractivity contribution < 1.29 is 5.11 Å². The number of pyridine rings is 2. The van der Waals surface area contributed by atoms with Crippen LogP contribution in [0.3, 0.4) is 0 Å². The van der Waals surface area contributed by atoms with E-state index in [2.05, 4.69) is 0 Å². The van der Waals surface area contributed by atoms with Gasteiger partial charge in [0.25, 0.3) is 5.56 Å². The monoisotopic (exact) mass is 330 g/mol. The molecule has 4 aromatic rings. The van der Waals surface area contributed by atoms with Crippen LogP contribution in [-0.4, -0.2) is 14.7 Å². The zero-order valence-corrected chi connectivity index (χ0v) is 14.2. The summed E-state index contributed by atoms with van der Waals surface area (Å²) in [5, 5.41) is 11.4. The number of benzene rings is 2. The number of hydrogen-bond acceptors (Lipinski definition) is 3. The van der Waals surface area contributed by atoms with Gasteiger partial charge < -0.3 is 9.67 Å². The van der Waals surface area contributed by atoms with Crippen LogP contribution in [0.1, 0.15) is 11.1 Å². The van der Waals surface area contributed by atoms with Crippen molar-refractivity contribution in [1.29, 1.82) is 0 Å². The van der Waals surface area contributed by atoms with Crippen molar-refractivity contribution in [2.45, 2.75) is 13.5 Å². The van der Waals surface area contributed by atoms with Crippen LogP contribution in [0.4, 0.5) is 0 Å². The predicted octanol–water partition coefficient (Wildman–Crippen LogP) is 3.55. The molecular formula is C21H18N2O2. The Labute approximate surface area is 145 Å². The zero-order valence-electron chi connectivity index (χ0n) is 14.2. The molecule has 2 heterocycles. The molecule has 2 aromatic carbocycles. The van der Waals surface area contributed by atoms with Gasteiger partial charge in [0.2, 0.25) is 0 Å². The molecule has 2 aromatic heterocycles. The van der Waals surface area contributed by atoms with Crippen molar-refractivity contribution in [1.82, 2.24) is 9.55 Å². The molecule has 0 bridgehead atoms. The number of fused-ring (bicyclic) bond motifs is 2. The van der Waals surface area contributed by atoms with Gasteiger partial charge in [-0.3, -0.25) is 4.79 Å². The van der Waals surface area contributed by atoms with Crippen LogP contribution in [0, 0.1) is 6.92 Å². The number of aryl methyl sites for hydroxylation is 2. The highest BCUT2D eigenvalue weighted by Crippen LogP contribution is 2.25. The molecule has 0 saturated carbocycles. The van der Waals surface area contributed by atoms with Crippen LogP contribution in [0.5, 0.6) is 0 Å². The number of para-hydroxylation sites is 1. The van der Waals surface area contributed by atoms with E-state index in [0.717, 1.165) is 32.9 Å². The van der Waals surface area contributed by atoms with E-state index in [-0.39, 0.29) is 12.2 Å². The molecule has 0 aliphatic rings. The topological polar surface area (TPSA) is 55.1 Å². The summed E-state index contributed by atoms with van der Waals surface area (Å²) >= 11 is 0. The Morgan fingerprint density at radius 1 is 1.08 bits per heavy atom. The maximum absolute atomic E-state index is 12.8. The number of aromatic nitrogens is 2. The van der Waals surface area contributed by atoms with Gasteiger partial charge in [-0.15, -0.1) is 0 Å². The van der Waals surface area contributed by atoms with Crippen molar-refractivity contribution in [3.05, 3.63) is 76.1 Å². The molecule has 0 radical (unpaired) electrons. The normalized spacial score (nSPS) is 11.3. The third-order valence-corrected chi connectivity index (χ3v) is 4.67. The van der Waals surface area contributed by atoms with E-state index in [1.54, 1.807) is 11.6 Å². The van der Waals surface area contributed by atoms with Gasteiger partial charge in [0.05, 0.1) is 28.9 Å². The number of nitrogens with zero attached hydrogens (tertiary/aromatic N) is 2. The number of hydrogen-bond donors (Lipinski definition) is 1. The third kappa shape index (κ3) is 2.51. The summed E-state index contributed by atoms with van der Waals surface area (Å²) in [6.45, 7) is 1.98. The molecule has 0 unspecified atom stereocenters. The average molecular weight is 330 g/mol. The average Bonchev–Trinajstić information content (AvgIpc) is 2.64. The first-order chi connectivity index (χ1) is 12.1. The first kappa shape index (κ1) is 15.5. The Balaban J connectivity index is 2.03. The van der Waals surface area contributed by atoms with Crippen LogP contribution in [0.2, 0.25) is 0 Å². The largest absolute Gasteiger partial charge is 0.392 e. The van der Waals surface area contributed by atoms with Crippen molar-refractivity contribution in [3.8, 4) is 11.3 Å². The van der Waals surface area contributed by atoms with E-state index < -0.39 is 0 Å². The molecule has 124 valence electrons. The molecule has 4 rings (SSSR count). The lowest BCUT2D eigenvalue weighted by molar-refractivity contribution is 0.282. The second-order valence-corrected chi connectivity index (χ2v) is 6.32. The maximum Gasteiger partial charge on any atom is 0.260 e. The van der Waals surface area contributed by atoms with Gasteiger partial charge in [-0.05, 0) is 47.7 Å². The van der Waals surface area contributed by atoms with E-state index >= 15 is 0 Å². The van der Waals surface area contributed by atoms with Crippen LogP contribution >= 0.6 is 0 Å². The van der Waals surface area contributed by atoms with E-state index in [9.17, 15) is 9.90 Å². The molecule has 25 heavy (non-hydrogen) atoms. The van der Waals surface area contributed by atoms with Gasteiger partial charge >= 0.3 is 0 Å². The van der Waals surface area contributed by atoms with Gasteiger partial charge in [-0.1, -0.05) is 30.3 Å². The SMILES string of the molecule is Cc1cc(-c2cc3ccccc3n(C)c2=O)nc2cc(CO)ccc12. The molecule has 0 aliphatic carbocycles. The summed E-state index contributed by atoms with van der Waals surface area (Å²) in [6, 6.07) is 17.4. The van der Waals surface area contributed by atoms with Crippen LogP contribution < -0.4 is 5.56 Å². The third-order valence-electron chi connectivity index (χ3n) is 4.67. The Morgan fingerprint density at radius 2 is 1.88 bits per heavy atom. The Kier molecular flexibility index (Phi) is 3.62. The Morgan fingerprint density at radius 3 is 2.68 bits per heavy atom. The number of aliphatic hydroxyl groups excluding tert-OH is 1. The van der Waals surface area contributed by atoms with Gasteiger partial charge in [0.1, 0.15) is 0 Å². The fourth-order valence-corrected chi connectivity index (χ4v) is 3.29. The van der Waals surface area contributed by atoms with Crippen molar-refractivity contribution in [3.63, 3.8) is 0 Å². The molecule has 0 aliphatic heterocycles. The first-order valence-corrected chi connectivity index (χ1v) is 8.19. The predicted molar refractivity (Wildman–Crippen MR) is 101 cm³/mol. The summed E-state index contributed by atoms with van der Waals surface area (Å²) < 4.78 is 1.66. The van der Waals surface area contributed by atoms with Gasteiger partial charge in [0, 0.05) is 12.4 Å². The lowest BCUT2D eigenvalue weighted by atomic mass is 10.0. The van der Waals surface area contributed by atoms with E-state index in [1.807, 2.05) is 61.5 Å². The Hall–Kier alpha value is -2.98. The number of aliphatic hydroxyl groups is 1. The van der Waals surface area contributed by atoms with Gasteiger partial charge in [-0.25, -0.2) is 4.98 Å². The van der Waals surface area contributed by atoms with E-state index in [1.165, 1.54) is 0 Å². The van der Waals surface area contributed by atoms with E-state index in [0.29, 0.717) is 11.3 Å². The molecule has 1 N–H and O–H groups in total. The fourth-order valence-electron chi connectivity index (χ4n) is 3.29. The molecule has 4 nitrogen and oxygen atoms in total. The molecule has 4 heteroatoms. The van der Waals surface area contributed by atoms with Gasteiger partial charge in [0.15, 0.2) is 0 Å². The summed E-state index contributed by atoms with van der Waals surface area (Å²) in [5.74, 6) is 0. The maximum atomic E-state index is 12.8. The lowest BCUT2D eigenvalue weighted by Gasteiger charge is -2.11. The molecule has 0 spiro atoms. The lowest BCUT2D eigenvalue weighted by Crippen LogP contribution is -2.19. The molecule has 0 atom stereocenters. The molecule has 0 fully saturated rings. The summed E-state index contributed by atoms with van der Waals surface area (Å²) in [4.78, 5) is 17.5. The minimum absolute atomic E-state index is 0.0291. The van der Waals surface area contributed by atoms with Crippen LogP contribution in [-0.2, 0) is 13.7 Å². The second kappa shape index (κ2) is 5.83. The second-order valence-electron chi connectivity index (χ2n) is 6.32. The standard InChI is InChI=1S/C21H18N2O2/c1-13-9-18(22-19-10-14(12-24)7-8-16(13)19)17-11-15-5-3-4-6-20(15)23(2)21(17)25/h3-11,24H,12H2,1-2H3. The van der Waals surface area contributed by atoms with E-state index in [4.69, 9.17) is 4.98 Å². The molecular weight excluding hydrogens is 312 g/mol. The van der Waals surface area contributed by atoms with Crippen molar-refractivity contribution in [2.24, 2.45) is 7.05 Å². The Bertz CT molecular complexity index is 1180. The first-order valence-electron chi connectivity index (χ1n) is 8.19. The van der Waals surface area contributed by atoms with Gasteiger partial charge in [-0.2, -0.15) is 0 Å². The van der Waals surface area contributed by atoms with Crippen molar-refractivity contribution in [2.75, 3.05) is 0 Å². The zero-order chi connectivity index (χ0) is 17.6. The molecule has 0 saturated heterocycles. The highest BCUT2D eigenvalue weighted by molar-refractivity contribution is 5.88. The van der Waals surface area contributed by atoms with Crippen molar-refractivity contribution >= 4 is 21.8 Å². The quantitative estimate of drug-likeness (QED) is 0.611. The van der Waals surface area contributed by atoms with Crippen LogP contribution in [0.25, 0.3) is 33.1 Å². The molecule has 0 amide bonds. The summed E-state index contributed by atoms with van der Waals surface area (Å²) in [5.41, 5.74) is 4.73. The van der Waals surface area contributed by atoms with Crippen LogP contribution in [0.15, 0.2) is 59.4 Å². The minimum atomic E-state index is -0.0664.